The molecule has 0 heterocycles. The van der Waals surface area contributed by atoms with Crippen LogP contribution in [0.1, 0.15) is 19.8 Å². The molecule has 0 radical (unpaired) electrons. The maximum Gasteiger partial charge on any atom is 0.119 e. The number of carbonyl (C=O) groups excluding carboxylic acids is 1. The van der Waals surface area contributed by atoms with E-state index < -0.39 is 0 Å². The molecule has 0 amide bonds. The quantitative estimate of drug-likeness (QED) is 0.624. The zero-order valence-electron chi connectivity index (χ0n) is 3.90. The Labute approximate surface area is 71.9 Å². The molecule has 0 unspecified atom stereocenters. The standard InChI is InChI=1S/C4H8O.Ce/c1-2-3-4-5;/h4H,2-3H2,1H3;. The minimum atomic E-state index is 0. The number of hydrogen-bond acceptors (Lipinski definition) is 1. The minimum absolute atomic E-state index is 0. The zero-order chi connectivity index (χ0) is 4.12. The molecule has 0 aliphatic rings. The fraction of sp³-hybridized carbons (Fsp3) is 0.750. The van der Waals surface area contributed by atoms with Crippen LogP contribution in [-0.4, -0.2) is 6.29 Å². The van der Waals surface area contributed by atoms with Crippen LogP contribution in [0.5, 0.6) is 0 Å². The van der Waals surface area contributed by atoms with Crippen molar-refractivity contribution in [3.8, 4) is 0 Å². The van der Waals surface area contributed by atoms with E-state index >= 15 is 0 Å². The topological polar surface area (TPSA) is 17.1 Å². The van der Waals surface area contributed by atoms with Gasteiger partial charge in [-0.15, -0.1) is 0 Å². The van der Waals surface area contributed by atoms with Crippen LogP contribution in [0.15, 0.2) is 0 Å². The van der Waals surface area contributed by atoms with E-state index in [0.717, 1.165) is 12.7 Å². The van der Waals surface area contributed by atoms with Gasteiger partial charge in [-0.25, -0.2) is 0 Å². The van der Waals surface area contributed by atoms with Gasteiger partial charge >= 0.3 is 0 Å². The molecule has 0 aromatic rings. The molecule has 0 spiro atoms. The van der Waals surface area contributed by atoms with Crippen LogP contribution >= 0.6 is 0 Å². The molecule has 0 saturated heterocycles. The summed E-state index contributed by atoms with van der Waals surface area (Å²) in [5, 5.41) is 0. The van der Waals surface area contributed by atoms with Crippen LogP contribution in [0.4, 0.5) is 0 Å². The van der Waals surface area contributed by atoms with Crippen LogP contribution in [0.2, 0.25) is 0 Å². The van der Waals surface area contributed by atoms with Gasteiger partial charge in [-0.2, -0.15) is 0 Å². The summed E-state index contributed by atoms with van der Waals surface area (Å²) >= 11 is 0. The molecule has 0 aromatic heterocycles. The number of rotatable bonds is 2. The van der Waals surface area contributed by atoms with Gasteiger partial charge in [-0.05, 0) is 6.42 Å². The van der Waals surface area contributed by atoms with Crippen molar-refractivity contribution in [1.29, 1.82) is 0 Å². The monoisotopic (exact) mass is 212 g/mol. The van der Waals surface area contributed by atoms with Gasteiger partial charge in [-0.1, -0.05) is 6.92 Å². The summed E-state index contributed by atoms with van der Waals surface area (Å²) in [5.41, 5.74) is 0. The van der Waals surface area contributed by atoms with E-state index in [-0.39, 0.29) is 41.7 Å². The number of aldehydes is 1. The molecule has 0 aliphatic heterocycles. The Bertz CT molecular complexity index is 28.7. The van der Waals surface area contributed by atoms with Crippen molar-refractivity contribution in [3.63, 3.8) is 0 Å². The van der Waals surface area contributed by atoms with Gasteiger partial charge in [0, 0.05) is 48.2 Å². The second-order valence-corrected chi connectivity index (χ2v) is 0.955. The first-order chi connectivity index (χ1) is 2.41. The van der Waals surface area contributed by atoms with Gasteiger partial charge in [0.2, 0.25) is 0 Å². The van der Waals surface area contributed by atoms with Crippen molar-refractivity contribution in [3.05, 3.63) is 0 Å². The second-order valence-electron chi connectivity index (χ2n) is 0.955. The van der Waals surface area contributed by atoms with Crippen molar-refractivity contribution < 1.29 is 46.5 Å². The fourth-order valence-electron chi connectivity index (χ4n) is 0.118. The fourth-order valence-corrected chi connectivity index (χ4v) is 0.118. The van der Waals surface area contributed by atoms with Crippen molar-refractivity contribution in [2.24, 2.45) is 0 Å². The minimum Gasteiger partial charge on any atom is -0.303 e. The first-order valence-corrected chi connectivity index (χ1v) is 1.85. The smallest absolute Gasteiger partial charge is 0.119 e. The van der Waals surface area contributed by atoms with Crippen molar-refractivity contribution in [1.82, 2.24) is 0 Å². The zero-order valence-corrected chi connectivity index (χ0v) is 7.04. The third-order valence-electron chi connectivity index (χ3n) is 0.407. The van der Waals surface area contributed by atoms with Crippen LogP contribution < -0.4 is 0 Å². The first kappa shape index (κ1) is 10.1. The van der Waals surface area contributed by atoms with E-state index in [4.69, 9.17) is 0 Å². The average molecular weight is 212 g/mol. The first-order valence-electron chi connectivity index (χ1n) is 1.85. The average Bonchev–Trinajstić information content (AvgIpc) is 1.41. The van der Waals surface area contributed by atoms with Crippen LogP contribution in [0.25, 0.3) is 0 Å². The Balaban J connectivity index is 0. The van der Waals surface area contributed by atoms with Gasteiger partial charge in [0.15, 0.2) is 0 Å². The predicted octanol–water partition coefficient (Wildman–Crippen LogP) is 0.985. The van der Waals surface area contributed by atoms with E-state index in [1.807, 2.05) is 6.92 Å². The summed E-state index contributed by atoms with van der Waals surface area (Å²) in [7, 11) is 0. The van der Waals surface area contributed by atoms with Gasteiger partial charge in [0.1, 0.15) is 6.29 Å². The van der Waals surface area contributed by atoms with Crippen LogP contribution in [0, 0.1) is 41.7 Å². The van der Waals surface area contributed by atoms with Crippen molar-refractivity contribution in [2.45, 2.75) is 19.8 Å². The molecular formula is C4H8CeO. The predicted molar refractivity (Wildman–Crippen MR) is 21.0 cm³/mol. The van der Waals surface area contributed by atoms with E-state index in [1.54, 1.807) is 0 Å². The van der Waals surface area contributed by atoms with Gasteiger partial charge in [0.25, 0.3) is 0 Å². The second kappa shape index (κ2) is 9.40. The molecular weight excluding hydrogens is 204 g/mol. The third-order valence-corrected chi connectivity index (χ3v) is 0.407. The van der Waals surface area contributed by atoms with Gasteiger partial charge in [0.05, 0.1) is 0 Å². The Kier molecular flexibility index (Phi) is 15.9. The summed E-state index contributed by atoms with van der Waals surface area (Å²) in [5.74, 6) is 0. The molecule has 34 valence electrons. The molecule has 0 bridgehead atoms. The number of unbranched alkanes of at least 4 members (excludes halogenated alkanes) is 1. The van der Waals surface area contributed by atoms with Crippen molar-refractivity contribution in [2.75, 3.05) is 0 Å². The van der Waals surface area contributed by atoms with E-state index in [2.05, 4.69) is 0 Å². The Hall–Kier alpha value is 1.05. The van der Waals surface area contributed by atoms with Crippen LogP contribution in [-0.2, 0) is 4.79 Å². The molecule has 2 heteroatoms. The molecule has 0 aliphatic carbocycles. The van der Waals surface area contributed by atoms with E-state index in [9.17, 15) is 4.79 Å². The maximum absolute atomic E-state index is 9.40. The molecule has 6 heavy (non-hydrogen) atoms. The van der Waals surface area contributed by atoms with E-state index in [1.165, 1.54) is 0 Å². The molecule has 0 saturated carbocycles. The largest absolute Gasteiger partial charge is 0.303 e. The number of hydrogen-bond donors (Lipinski definition) is 0. The Morgan fingerprint density at radius 2 is 2.17 bits per heavy atom. The van der Waals surface area contributed by atoms with Gasteiger partial charge < -0.3 is 4.79 Å². The van der Waals surface area contributed by atoms with E-state index in [0.29, 0.717) is 6.42 Å². The third kappa shape index (κ3) is 8.90. The van der Waals surface area contributed by atoms with Crippen molar-refractivity contribution >= 4 is 6.29 Å². The summed E-state index contributed by atoms with van der Waals surface area (Å²) in [6.07, 6.45) is 2.61. The van der Waals surface area contributed by atoms with Gasteiger partial charge in [-0.3, -0.25) is 0 Å². The molecule has 0 atom stereocenters. The van der Waals surface area contributed by atoms with Crippen LogP contribution in [0.3, 0.4) is 0 Å². The molecule has 1 nitrogen and oxygen atoms in total. The number of carbonyl (C=O) groups is 1. The summed E-state index contributed by atoms with van der Waals surface area (Å²) in [6.45, 7) is 1.98. The Morgan fingerprint density at radius 3 is 2.17 bits per heavy atom. The molecule has 0 fully saturated rings. The normalized spacial score (nSPS) is 6.17. The Morgan fingerprint density at radius 1 is 1.67 bits per heavy atom. The maximum atomic E-state index is 9.40. The summed E-state index contributed by atoms with van der Waals surface area (Å²) in [4.78, 5) is 9.40. The summed E-state index contributed by atoms with van der Waals surface area (Å²) < 4.78 is 0. The molecule has 0 rings (SSSR count). The molecule has 0 aromatic carbocycles. The summed E-state index contributed by atoms with van der Waals surface area (Å²) in [6, 6.07) is 0. The SMILES string of the molecule is CCCC=O.[Ce]. The molecule has 0 N–H and O–H groups in total.